The Kier molecular flexibility index (Phi) is 6.10. The van der Waals surface area contributed by atoms with E-state index in [1.54, 1.807) is 0 Å². The summed E-state index contributed by atoms with van der Waals surface area (Å²) in [6.07, 6.45) is 1.02. The number of ether oxygens (including phenoxy) is 1. The fraction of sp³-hybridized carbons (Fsp3) is 0.167. The predicted octanol–water partition coefficient (Wildman–Crippen LogP) is 0.340. The number of esters is 1. The molecule has 0 fully saturated rings. The molecule has 21 heavy (non-hydrogen) atoms. The van der Waals surface area contributed by atoms with Crippen LogP contribution in [0.15, 0.2) is 36.9 Å². The zero-order valence-corrected chi connectivity index (χ0v) is 11.9. The number of carbonyl (C=O) groups excluding carboxylic acids is 2. The lowest BCUT2D eigenvalue weighted by atomic mass is 10.3. The number of benzene rings is 1. The third-order valence-corrected chi connectivity index (χ3v) is 3.23. The molecule has 0 spiro atoms. The summed E-state index contributed by atoms with van der Waals surface area (Å²) in [5, 5.41) is 4.76. The van der Waals surface area contributed by atoms with Gasteiger partial charge in [-0.15, -0.1) is 0 Å². The van der Waals surface area contributed by atoms with Crippen LogP contribution in [0.25, 0.3) is 0 Å². The average molecular weight is 314 g/mol. The molecule has 0 radical (unpaired) electrons. The van der Waals surface area contributed by atoms with E-state index in [1.165, 1.54) is 24.3 Å². The van der Waals surface area contributed by atoms with E-state index in [-0.39, 0.29) is 18.5 Å². The van der Waals surface area contributed by atoms with E-state index in [1.807, 2.05) is 0 Å². The minimum Gasteiger partial charge on any atom is -0.461 e. The Morgan fingerprint density at radius 3 is 2.43 bits per heavy atom. The lowest BCUT2D eigenvalue weighted by molar-refractivity contribution is -0.137. The molecule has 8 nitrogen and oxygen atoms in total. The molecule has 2 amide bonds. The van der Waals surface area contributed by atoms with Crippen LogP contribution in [0.2, 0.25) is 0 Å². The SMILES string of the molecule is C=CC(=O)OCCNC(=O)Nc1ccc(P(=O)(O)O)cc1. The monoisotopic (exact) mass is 314 g/mol. The third-order valence-electron chi connectivity index (χ3n) is 2.26. The molecule has 0 heterocycles. The van der Waals surface area contributed by atoms with Gasteiger partial charge in [0, 0.05) is 11.8 Å². The Labute approximate surface area is 121 Å². The summed E-state index contributed by atoms with van der Waals surface area (Å²) in [5.74, 6) is -0.578. The number of hydrogen-bond donors (Lipinski definition) is 4. The molecular formula is C12H15N2O6P. The van der Waals surface area contributed by atoms with Gasteiger partial charge in [0.05, 0.1) is 11.8 Å². The van der Waals surface area contributed by atoms with Crippen molar-refractivity contribution in [3.8, 4) is 0 Å². The molecule has 1 aromatic rings. The van der Waals surface area contributed by atoms with E-state index in [2.05, 4.69) is 21.9 Å². The second kappa shape index (κ2) is 7.58. The zero-order chi connectivity index (χ0) is 15.9. The standard InChI is InChI=1S/C12H15N2O6P/c1-2-11(15)20-8-7-13-12(16)14-9-3-5-10(6-4-9)21(17,18)19/h2-6H,1,7-8H2,(H2,13,14,16)(H2,17,18,19). The van der Waals surface area contributed by atoms with Crippen LogP contribution in [0.4, 0.5) is 10.5 Å². The third kappa shape index (κ3) is 6.22. The lowest BCUT2D eigenvalue weighted by Crippen LogP contribution is -2.32. The van der Waals surface area contributed by atoms with Crippen molar-refractivity contribution in [2.24, 2.45) is 0 Å². The van der Waals surface area contributed by atoms with E-state index in [0.717, 1.165) is 6.08 Å². The van der Waals surface area contributed by atoms with Crippen LogP contribution >= 0.6 is 7.60 Å². The van der Waals surface area contributed by atoms with Crippen molar-refractivity contribution in [1.82, 2.24) is 5.32 Å². The van der Waals surface area contributed by atoms with Gasteiger partial charge in [-0.3, -0.25) is 4.57 Å². The highest BCUT2D eigenvalue weighted by molar-refractivity contribution is 7.60. The highest BCUT2D eigenvalue weighted by Gasteiger charge is 2.16. The Hall–Kier alpha value is -2.15. The molecule has 4 N–H and O–H groups in total. The van der Waals surface area contributed by atoms with Crippen LogP contribution in [0, 0.1) is 0 Å². The summed E-state index contributed by atoms with van der Waals surface area (Å²) < 4.78 is 15.6. The summed E-state index contributed by atoms with van der Waals surface area (Å²) in [5.41, 5.74) is 0.368. The van der Waals surface area contributed by atoms with Crippen molar-refractivity contribution in [3.63, 3.8) is 0 Å². The molecule has 1 aromatic carbocycles. The maximum atomic E-state index is 11.5. The predicted molar refractivity (Wildman–Crippen MR) is 76.3 cm³/mol. The van der Waals surface area contributed by atoms with Crippen molar-refractivity contribution >= 4 is 30.6 Å². The summed E-state index contributed by atoms with van der Waals surface area (Å²) in [6, 6.07) is 4.65. The Bertz CT molecular complexity index is 566. The normalized spacial score (nSPS) is 10.6. The smallest absolute Gasteiger partial charge is 0.356 e. The summed E-state index contributed by atoms with van der Waals surface area (Å²) >= 11 is 0. The number of urea groups is 1. The van der Waals surface area contributed by atoms with Gasteiger partial charge < -0.3 is 25.2 Å². The fourth-order valence-corrected chi connectivity index (χ4v) is 1.83. The topological polar surface area (TPSA) is 125 Å². The van der Waals surface area contributed by atoms with Gasteiger partial charge in [0.25, 0.3) is 0 Å². The Balaban J connectivity index is 2.39. The maximum Gasteiger partial charge on any atom is 0.356 e. The van der Waals surface area contributed by atoms with E-state index in [9.17, 15) is 14.2 Å². The maximum absolute atomic E-state index is 11.5. The number of anilines is 1. The molecule has 0 aromatic heterocycles. The first-order valence-corrected chi connectivity index (χ1v) is 7.44. The molecule has 0 aliphatic carbocycles. The Morgan fingerprint density at radius 1 is 1.29 bits per heavy atom. The molecule has 0 bridgehead atoms. The first-order valence-electron chi connectivity index (χ1n) is 5.83. The molecule has 0 atom stereocenters. The summed E-state index contributed by atoms with van der Waals surface area (Å²) in [6.45, 7) is 3.35. The van der Waals surface area contributed by atoms with Gasteiger partial charge >= 0.3 is 19.6 Å². The molecule has 1 rings (SSSR count). The molecule has 0 aliphatic rings. The van der Waals surface area contributed by atoms with Gasteiger partial charge in [-0.05, 0) is 24.3 Å². The average Bonchev–Trinajstić information content (AvgIpc) is 2.43. The van der Waals surface area contributed by atoms with Crippen LogP contribution in [0.3, 0.4) is 0 Å². The van der Waals surface area contributed by atoms with Crippen molar-refractivity contribution < 1.29 is 28.7 Å². The molecule has 0 aliphatic heterocycles. The molecule has 0 saturated heterocycles. The number of nitrogens with one attached hydrogen (secondary N) is 2. The van der Waals surface area contributed by atoms with Gasteiger partial charge in [-0.2, -0.15) is 0 Å². The van der Waals surface area contributed by atoms with Crippen LogP contribution in [-0.2, 0) is 14.1 Å². The number of amides is 2. The Morgan fingerprint density at radius 2 is 1.90 bits per heavy atom. The summed E-state index contributed by atoms with van der Waals surface area (Å²) in [4.78, 5) is 40.1. The molecular weight excluding hydrogens is 299 g/mol. The van der Waals surface area contributed by atoms with Crippen LogP contribution in [0.5, 0.6) is 0 Å². The van der Waals surface area contributed by atoms with Gasteiger partial charge in [0.2, 0.25) is 0 Å². The second-order valence-corrected chi connectivity index (χ2v) is 5.45. The second-order valence-electron chi connectivity index (χ2n) is 3.84. The van der Waals surface area contributed by atoms with Crippen LogP contribution in [-0.4, -0.2) is 34.9 Å². The number of carbonyl (C=O) groups is 2. The quantitative estimate of drug-likeness (QED) is 0.260. The zero-order valence-electron chi connectivity index (χ0n) is 11.0. The largest absolute Gasteiger partial charge is 0.461 e. The highest BCUT2D eigenvalue weighted by Crippen LogP contribution is 2.33. The number of rotatable bonds is 6. The molecule has 114 valence electrons. The molecule has 0 unspecified atom stereocenters. The number of hydrogen-bond acceptors (Lipinski definition) is 4. The van der Waals surface area contributed by atoms with Crippen molar-refractivity contribution in [1.29, 1.82) is 0 Å². The first-order chi connectivity index (χ1) is 9.82. The summed E-state index contributed by atoms with van der Waals surface area (Å²) in [7, 11) is -4.29. The van der Waals surface area contributed by atoms with E-state index >= 15 is 0 Å². The van der Waals surface area contributed by atoms with E-state index in [0.29, 0.717) is 5.69 Å². The van der Waals surface area contributed by atoms with Crippen LogP contribution in [0.1, 0.15) is 0 Å². The molecule has 0 saturated carbocycles. The van der Waals surface area contributed by atoms with E-state index in [4.69, 9.17) is 9.79 Å². The van der Waals surface area contributed by atoms with Crippen molar-refractivity contribution in [2.75, 3.05) is 18.5 Å². The highest BCUT2D eigenvalue weighted by atomic mass is 31.2. The van der Waals surface area contributed by atoms with Gasteiger partial charge in [0.15, 0.2) is 0 Å². The lowest BCUT2D eigenvalue weighted by Gasteiger charge is -2.09. The van der Waals surface area contributed by atoms with Gasteiger partial charge in [0.1, 0.15) is 6.61 Å². The van der Waals surface area contributed by atoms with Crippen molar-refractivity contribution in [3.05, 3.63) is 36.9 Å². The van der Waals surface area contributed by atoms with Gasteiger partial charge in [-0.25, -0.2) is 9.59 Å². The van der Waals surface area contributed by atoms with E-state index < -0.39 is 19.6 Å². The molecule has 9 heteroatoms. The van der Waals surface area contributed by atoms with Crippen LogP contribution < -0.4 is 15.9 Å². The van der Waals surface area contributed by atoms with Gasteiger partial charge in [-0.1, -0.05) is 6.58 Å². The minimum atomic E-state index is -4.29. The fourth-order valence-electron chi connectivity index (χ4n) is 1.29. The van der Waals surface area contributed by atoms with Crippen molar-refractivity contribution in [2.45, 2.75) is 0 Å². The first kappa shape index (κ1) is 16.9. The minimum absolute atomic E-state index is 0.00934.